The molecule has 2 N–H and O–H groups in total. The summed E-state index contributed by atoms with van der Waals surface area (Å²) >= 11 is 0. The van der Waals surface area contributed by atoms with Gasteiger partial charge in [-0.05, 0) is 37.3 Å². The number of hydrogen-bond donors (Lipinski definition) is 2. The zero-order chi connectivity index (χ0) is 15.2. The molecule has 2 rings (SSSR count). The SMILES string of the molecule is CCCNc1cccc(C(=O)NCC2CCC2)c1[N+](=O)[O-]. The van der Waals surface area contributed by atoms with Crippen LogP contribution >= 0.6 is 0 Å². The molecule has 0 spiro atoms. The topological polar surface area (TPSA) is 84.3 Å². The number of nitro groups is 1. The molecule has 6 nitrogen and oxygen atoms in total. The lowest BCUT2D eigenvalue weighted by Crippen LogP contribution is -2.32. The lowest BCUT2D eigenvalue weighted by Gasteiger charge is -2.25. The summed E-state index contributed by atoms with van der Waals surface area (Å²) in [6, 6.07) is 4.81. The lowest BCUT2D eigenvalue weighted by atomic mass is 9.85. The van der Waals surface area contributed by atoms with Gasteiger partial charge in [0.2, 0.25) is 0 Å². The van der Waals surface area contributed by atoms with Crippen molar-refractivity contribution in [2.24, 2.45) is 5.92 Å². The minimum atomic E-state index is -0.490. The van der Waals surface area contributed by atoms with E-state index < -0.39 is 4.92 Å². The number of para-hydroxylation sites is 1. The second-order valence-electron chi connectivity index (χ2n) is 5.39. The zero-order valence-electron chi connectivity index (χ0n) is 12.2. The Bertz CT molecular complexity index is 527. The van der Waals surface area contributed by atoms with Crippen molar-refractivity contribution in [3.05, 3.63) is 33.9 Å². The molecule has 6 heteroatoms. The average Bonchev–Trinajstić information content (AvgIpc) is 2.42. The fourth-order valence-electron chi connectivity index (χ4n) is 2.35. The van der Waals surface area contributed by atoms with Crippen LogP contribution in [0.3, 0.4) is 0 Å². The molecule has 1 aromatic carbocycles. The van der Waals surface area contributed by atoms with E-state index in [1.165, 1.54) is 12.5 Å². The molecule has 1 aliphatic rings. The lowest BCUT2D eigenvalue weighted by molar-refractivity contribution is -0.384. The third kappa shape index (κ3) is 3.71. The number of nitrogens with one attached hydrogen (secondary N) is 2. The van der Waals surface area contributed by atoms with E-state index in [-0.39, 0.29) is 17.2 Å². The Morgan fingerprint density at radius 1 is 1.43 bits per heavy atom. The van der Waals surface area contributed by atoms with Gasteiger partial charge in [0, 0.05) is 13.1 Å². The summed E-state index contributed by atoms with van der Waals surface area (Å²) in [6.07, 6.45) is 4.31. The molecule has 0 aromatic heterocycles. The van der Waals surface area contributed by atoms with Crippen LogP contribution in [0, 0.1) is 16.0 Å². The number of rotatable bonds is 7. The molecule has 0 heterocycles. The minimum Gasteiger partial charge on any atom is -0.379 e. The zero-order valence-corrected chi connectivity index (χ0v) is 12.2. The summed E-state index contributed by atoms with van der Waals surface area (Å²) in [5.74, 6) is 0.156. The fraction of sp³-hybridized carbons (Fsp3) is 0.533. The highest BCUT2D eigenvalue weighted by Gasteiger charge is 2.25. The minimum absolute atomic E-state index is 0.125. The molecule has 1 amide bonds. The number of nitro benzene ring substituents is 1. The molecule has 114 valence electrons. The second kappa shape index (κ2) is 7.06. The molecule has 1 aromatic rings. The van der Waals surface area contributed by atoms with Crippen LogP contribution < -0.4 is 10.6 Å². The summed E-state index contributed by atoms with van der Waals surface area (Å²) in [6.45, 7) is 3.21. The number of carbonyl (C=O) groups is 1. The molecule has 0 radical (unpaired) electrons. The highest BCUT2D eigenvalue weighted by Crippen LogP contribution is 2.29. The van der Waals surface area contributed by atoms with Gasteiger partial charge in [0.05, 0.1) is 4.92 Å². The maximum atomic E-state index is 12.2. The van der Waals surface area contributed by atoms with Crippen molar-refractivity contribution < 1.29 is 9.72 Å². The first-order valence-electron chi connectivity index (χ1n) is 7.43. The predicted molar refractivity (Wildman–Crippen MR) is 81.6 cm³/mol. The van der Waals surface area contributed by atoms with Gasteiger partial charge in [-0.2, -0.15) is 0 Å². The Morgan fingerprint density at radius 2 is 2.19 bits per heavy atom. The molecule has 1 saturated carbocycles. The van der Waals surface area contributed by atoms with Gasteiger partial charge >= 0.3 is 5.69 Å². The predicted octanol–water partition coefficient (Wildman–Crippen LogP) is 2.95. The first-order valence-corrected chi connectivity index (χ1v) is 7.43. The third-order valence-electron chi connectivity index (χ3n) is 3.80. The second-order valence-corrected chi connectivity index (χ2v) is 5.39. The normalized spacial score (nSPS) is 14.3. The molecule has 0 saturated heterocycles. The van der Waals surface area contributed by atoms with E-state index in [0.717, 1.165) is 19.3 Å². The van der Waals surface area contributed by atoms with E-state index in [0.29, 0.717) is 24.7 Å². The number of amides is 1. The fourth-order valence-corrected chi connectivity index (χ4v) is 2.35. The largest absolute Gasteiger partial charge is 0.379 e. The Hall–Kier alpha value is -2.11. The van der Waals surface area contributed by atoms with Crippen molar-refractivity contribution in [1.29, 1.82) is 0 Å². The van der Waals surface area contributed by atoms with Gasteiger partial charge < -0.3 is 10.6 Å². The van der Waals surface area contributed by atoms with Crippen LogP contribution in [-0.2, 0) is 0 Å². The van der Waals surface area contributed by atoms with E-state index in [1.807, 2.05) is 6.92 Å². The van der Waals surface area contributed by atoms with E-state index in [4.69, 9.17) is 0 Å². The molecule has 0 aliphatic heterocycles. The molecule has 0 unspecified atom stereocenters. The summed E-state index contributed by atoms with van der Waals surface area (Å²) in [4.78, 5) is 23.0. The van der Waals surface area contributed by atoms with Gasteiger partial charge in [0.15, 0.2) is 0 Å². The maximum Gasteiger partial charge on any atom is 0.305 e. The third-order valence-corrected chi connectivity index (χ3v) is 3.80. The van der Waals surface area contributed by atoms with Crippen LogP contribution in [0.15, 0.2) is 18.2 Å². The Morgan fingerprint density at radius 3 is 2.76 bits per heavy atom. The van der Waals surface area contributed by atoms with Crippen LogP contribution in [0.1, 0.15) is 43.0 Å². The standard InChI is InChI=1S/C15H21N3O3/c1-2-9-16-13-8-4-7-12(14(13)18(20)21)15(19)17-10-11-5-3-6-11/h4,7-8,11,16H,2-3,5-6,9-10H2,1H3,(H,17,19). The highest BCUT2D eigenvalue weighted by atomic mass is 16.6. The number of benzene rings is 1. The molecular weight excluding hydrogens is 270 g/mol. The number of anilines is 1. The van der Waals surface area contributed by atoms with Gasteiger partial charge in [-0.1, -0.05) is 19.4 Å². The van der Waals surface area contributed by atoms with Crippen LogP contribution in [-0.4, -0.2) is 23.9 Å². The van der Waals surface area contributed by atoms with Gasteiger partial charge in [-0.25, -0.2) is 0 Å². The maximum absolute atomic E-state index is 12.2. The molecule has 21 heavy (non-hydrogen) atoms. The van der Waals surface area contributed by atoms with Crippen LogP contribution in [0.2, 0.25) is 0 Å². The van der Waals surface area contributed by atoms with E-state index in [1.54, 1.807) is 12.1 Å². The Kier molecular flexibility index (Phi) is 5.14. The van der Waals surface area contributed by atoms with E-state index in [2.05, 4.69) is 10.6 Å². The molecule has 0 atom stereocenters. The van der Waals surface area contributed by atoms with Gasteiger partial charge in [0.1, 0.15) is 11.3 Å². The Labute approximate surface area is 124 Å². The van der Waals surface area contributed by atoms with Crippen LogP contribution in [0.4, 0.5) is 11.4 Å². The smallest absolute Gasteiger partial charge is 0.305 e. The summed E-state index contributed by atoms with van der Waals surface area (Å²) in [5, 5.41) is 17.1. The van der Waals surface area contributed by atoms with Crippen molar-refractivity contribution in [1.82, 2.24) is 5.32 Å². The molecule has 0 bridgehead atoms. The first kappa shape index (κ1) is 15.3. The van der Waals surface area contributed by atoms with Gasteiger partial charge in [-0.3, -0.25) is 14.9 Å². The number of carbonyl (C=O) groups excluding carboxylic acids is 1. The number of nitrogens with zero attached hydrogens (tertiary/aromatic N) is 1. The monoisotopic (exact) mass is 291 g/mol. The molecule has 1 aliphatic carbocycles. The summed E-state index contributed by atoms with van der Waals surface area (Å²) in [5.41, 5.74) is 0.385. The van der Waals surface area contributed by atoms with E-state index in [9.17, 15) is 14.9 Å². The van der Waals surface area contributed by atoms with Crippen LogP contribution in [0.25, 0.3) is 0 Å². The van der Waals surface area contributed by atoms with Crippen LogP contribution in [0.5, 0.6) is 0 Å². The van der Waals surface area contributed by atoms with E-state index >= 15 is 0 Å². The molecular formula is C15H21N3O3. The van der Waals surface area contributed by atoms with Gasteiger partial charge in [0.25, 0.3) is 5.91 Å². The quantitative estimate of drug-likeness (QED) is 0.597. The van der Waals surface area contributed by atoms with Crippen molar-refractivity contribution in [3.63, 3.8) is 0 Å². The summed E-state index contributed by atoms with van der Waals surface area (Å²) in [7, 11) is 0. The molecule has 1 fully saturated rings. The first-order chi connectivity index (χ1) is 10.1. The highest BCUT2D eigenvalue weighted by molar-refractivity contribution is 6.00. The van der Waals surface area contributed by atoms with Crippen molar-refractivity contribution >= 4 is 17.3 Å². The summed E-state index contributed by atoms with van der Waals surface area (Å²) < 4.78 is 0. The number of hydrogen-bond acceptors (Lipinski definition) is 4. The van der Waals surface area contributed by atoms with Crippen molar-refractivity contribution in [2.45, 2.75) is 32.6 Å². The van der Waals surface area contributed by atoms with Crippen molar-refractivity contribution in [2.75, 3.05) is 18.4 Å². The average molecular weight is 291 g/mol. The Balaban J connectivity index is 2.15. The van der Waals surface area contributed by atoms with Crippen molar-refractivity contribution in [3.8, 4) is 0 Å². The van der Waals surface area contributed by atoms with Gasteiger partial charge in [-0.15, -0.1) is 0 Å².